The van der Waals surface area contributed by atoms with Gasteiger partial charge in [-0.25, -0.2) is 4.79 Å². The summed E-state index contributed by atoms with van der Waals surface area (Å²) in [6.45, 7) is 4.24. The first-order valence-corrected chi connectivity index (χ1v) is 12.6. The lowest BCUT2D eigenvalue weighted by Crippen LogP contribution is -2.31. The molecule has 3 aromatic carbocycles. The van der Waals surface area contributed by atoms with Gasteiger partial charge in [0, 0.05) is 5.69 Å². The monoisotopic (exact) mass is 475 g/mol. The molecule has 0 bridgehead atoms. The van der Waals surface area contributed by atoms with Gasteiger partial charge in [-0.1, -0.05) is 50.1 Å². The average molecular weight is 476 g/mol. The summed E-state index contributed by atoms with van der Waals surface area (Å²) >= 11 is 1.68. The van der Waals surface area contributed by atoms with E-state index in [2.05, 4.69) is 6.92 Å². The third kappa shape index (κ3) is 5.45. The van der Waals surface area contributed by atoms with E-state index in [1.165, 1.54) is 0 Å². The highest BCUT2D eigenvalue weighted by atomic mass is 32.2. The molecule has 176 valence electrons. The van der Waals surface area contributed by atoms with Gasteiger partial charge >= 0.3 is 5.97 Å². The zero-order valence-electron chi connectivity index (χ0n) is 19.5. The predicted molar refractivity (Wildman–Crippen MR) is 136 cm³/mol. The Labute approximate surface area is 205 Å². The summed E-state index contributed by atoms with van der Waals surface area (Å²) in [6.07, 6.45) is 2.89. The Balaban J connectivity index is 1.63. The van der Waals surface area contributed by atoms with E-state index in [0.717, 1.165) is 42.0 Å². The fraction of sp³-hybridized carbons (Fsp3) is 0.286. The number of thioether (sulfide) groups is 1. The molecule has 0 N–H and O–H groups in total. The number of carbonyl (C=O) groups is 2. The number of rotatable bonds is 9. The number of ether oxygens (including phenoxy) is 2. The van der Waals surface area contributed by atoms with Gasteiger partial charge in [0.1, 0.15) is 16.9 Å². The SMILES string of the molecule is CCCC[C@H]1S[C@H](c2cccc(Oc3ccccc3)c2)N(c2ccc(C(=O)OCC)cc2)C1=O. The zero-order valence-corrected chi connectivity index (χ0v) is 20.3. The van der Waals surface area contributed by atoms with Crippen LogP contribution in [0, 0.1) is 0 Å². The van der Waals surface area contributed by atoms with Crippen LogP contribution < -0.4 is 9.64 Å². The highest BCUT2D eigenvalue weighted by Gasteiger charge is 2.41. The second-order valence-electron chi connectivity index (χ2n) is 8.08. The molecule has 1 aliphatic heterocycles. The second-order valence-corrected chi connectivity index (χ2v) is 9.37. The maximum absolute atomic E-state index is 13.5. The van der Waals surface area contributed by atoms with Gasteiger partial charge in [-0.15, -0.1) is 11.8 Å². The molecule has 3 aromatic rings. The van der Waals surface area contributed by atoms with Crippen molar-refractivity contribution in [2.24, 2.45) is 0 Å². The molecule has 6 heteroatoms. The predicted octanol–water partition coefficient (Wildman–Crippen LogP) is 6.99. The minimum absolute atomic E-state index is 0.0988. The quantitative estimate of drug-likeness (QED) is 0.312. The summed E-state index contributed by atoms with van der Waals surface area (Å²) in [5.74, 6) is 1.23. The number of carbonyl (C=O) groups excluding carboxylic acids is 2. The van der Waals surface area contributed by atoms with E-state index in [-0.39, 0.29) is 22.5 Å². The minimum atomic E-state index is -0.362. The number of hydrogen-bond donors (Lipinski definition) is 0. The van der Waals surface area contributed by atoms with Gasteiger partial charge < -0.3 is 9.47 Å². The number of benzene rings is 3. The average Bonchev–Trinajstić information content (AvgIpc) is 3.19. The number of esters is 1. The summed E-state index contributed by atoms with van der Waals surface area (Å²) in [6, 6.07) is 24.6. The van der Waals surface area contributed by atoms with Gasteiger partial charge in [-0.2, -0.15) is 0 Å². The number of anilines is 1. The van der Waals surface area contributed by atoms with Crippen molar-refractivity contribution in [2.45, 2.75) is 43.7 Å². The summed E-state index contributed by atoms with van der Waals surface area (Å²) in [4.78, 5) is 27.4. The molecule has 1 amide bonds. The summed E-state index contributed by atoms with van der Waals surface area (Å²) in [7, 11) is 0. The van der Waals surface area contributed by atoms with Gasteiger partial charge in [-0.05, 0) is 67.4 Å². The molecule has 1 saturated heterocycles. The summed E-state index contributed by atoms with van der Waals surface area (Å²) in [5.41, 5.74) is 2.24. The lowest BCUT2D eigenvalue weighted by Gasteiger charge is -2.25. The summed E-state index contributed by atoms with van der Waals surface area (Å²) in [5, 5.41) is -0.282. The van der Waals surface area contributed by atoms with Crippen LogP contribution in [0.2, 0.25) is 0 Å². The van der Waals surface area contributed by atoms with Crippen molar-refractivity contribution >= 4 is 29.3 Å². The number of nitrogens with zero attached hydrogens (tertiary/aromatic N) is 1. The van der Waals surface area contributed by atoms with Crippen molar-refractivity contribution in [3.05, 3.63) is 90.0 Å². The molecule has 34 heavy (non-hydrogen) atoms. The van der Waals surface area contributed by atoms with Crippen molar-refractivity contribution in [3.8, 4) is 11.5 Å². The molecule has 5 nitrogen and oxygen atoms in total. The lowest BCUT2D eigenvalue weighted by molar-refractivity contribution is -0.117. The second kappa shape index (κ2) is 11.3. The first-order valence-electron chi connectivity index (χ1n) is 11.7. The number of unbranched alkanes of at least 4 members (excludes halogenated alkanes) is 1. The van der Waals surface area contributed by atoms with Crippen LogP contribution in [0.3, 0.4) is 0 Å². The van der Waals surface area contributed by atoms with E-state index in [0.29, 0.717) is 12.2 Å². The Kier molecular flexibility index (Phi) is 7.91. The maximum atomic E-state index is 13.5. The number of para-hydroxylation sites is 1. The first kappa shape index (κ1) is 23.9. The van der Waals surface area contributed by atoms with E-state index in [4.69, 9.17) is 9.47 Å². The van der Waals surface area contributed by atoms with Crippen LogP contribution in [0.25, 0.3) is 0 Å². The van der Waals surface area contributed by atoms with E-state index < -0.39 is 0 Å². The Morgan fingerprint density at radius 1 is 0.941 bits per heavy atom. The van der Waals surface area contributed by atoms with Crippen LogP contribution in [-0.4, -0.2) is 23.7 Å². The van der Waals surface area contributed by atoms with Crippen molar-refractivity contribution in [2.75, 3.05) is 11.5 Å². The summed E-state index contributed by atoms with van der Waals surface area (Å²) < 4.78 is 11.1. The molecule has 0 radical (unpaired) electrons. The molecule has 0 aliphatic carbocycles. The maximum Gasteiger partial charge on any atom is 0.338 e. The fourth-order valence-electron chi connectivity index (χ4n) is 3.95. The first-order chi connectivity index (χ1) is 16.6. The van der Waals surface area contributed by atoms with Gasteiger partial charge in [-0.3, -0.25) is 9.69 Å². The van der Waals surface area contributed by atoms with Gasteiger partial charge in [0.05, 0.1) is 17.4 Å². The highest BCUT2D eigenvalue weighted by molar-refractivity contribution is 8.01. The molecule has 0 spiro atoms. The molecule has 1 aliphatic rings. The third-order valence-electron chi connectivity index (χ3n) is 5.64. The minimum Gasteiger partial charge on any atom is -0.462 e. The third-order valence-corrected chi connectivity index (χ3v) is 7.15. The van der Waals surface area contributed by atoms with Crippen molar-refractivity contribution in [1.29, 1.82) is 0 Å². The van der Waals surface area contributed by atoms with Crippen LogP contribution >= 0.6 is 11.8 Å². The normalized spacial score (nSPS) is 17.6. The van der Waals surface area contributed by atoms with Crippen molar-refractivity contribution < 1.29 is 19.1 Å². The topological polar surface area (TPSA) is 55.8 Å². The molecule has 0 unspecified atom stereocenters. The van der Waals surface area contributed by atoms with Gasteiger partial charge in [0.2, 0.25) is 5.91 Å². The largest absolute Gasteiger partial charge is 0.462 e. The van der Waals surface area contributed by atoms with Crippen LogP contribution in [0.15, 0.2) is 78.9 Å². The smallest absolute Gasteiger partial charge is 0.338 e. The van der Waals surface area contributed by atoms with E-state index in [1.807, 2.05) is 71.6 Å². The highest BCUT2D eigenvalue weighted by Crippen LogP contribution is 2.47. The van der Waals surface area contributed by atoms with Crippen molar-refractivity contribution in [3.63, 3.8) is 0 Å². The van der Waals surface area contributed by atoms with E-state index in [1.54, 1.807) is 30.8 Å². The van der Waals surface area contributed by atoms with Crippen LogP contribution in [-0.2, 0) is 9.53 Å². The Morgan fingerprint density at radius 3 is 2.38 bits per heavy atom. The Morgan fingerprint density at radius 2 is 1.68 bits per heavy atom. The molecule has 0 saturated carbocycles. The van der Waals surface area contributed by atoms with E-state index in [9.17, 15) is 9.59 Å². The molecular weight excluding hydrogens is 446 g/mol. The molecule has 1 fully saturated rings. The van der Waals surface area contributed by atoms with Gasteiger partial charge in [0.25, 0.3) is 0 Å². The lowest BCUT2D eigenvalue weighted by atomic mass is 10.1. The molecule has 1 heterocycles. The van der Waals surface area contributed by atoms with Crippen LogP contribution in [0.5, 0.6) is 11.5 Å². The molecule has 4 rings (SSSR count). The molecule has 0 aromatic heterocycles. The van der Waals surface area contributed by atoms with Crippen LogP contribution in [0.1, 0.15) is 54.4 Å². The Bertz CT molecular complexity index is 1120. The fourth-order valence-corrected chi connectivity index (χ4v) is 5.44. The zero-order chi connectivity index (χ0) is 23.9. The van der Waals surface area contributed by atoms with Gasteiger partial charge in [0.15, 0.2) is 0 Å². The number of amides is 1. The standard InChI is InChI=1S/C28H29NO4S/c1-3-5-14-25-26(30)29(22-17-15-20(16-18-22)28(31)32-4-2)27(34-25)21-10-9-13-24(19-21)33-23-11-7-6-8-12-23/h6-13,15-19,25,27H,3-5,14H2,1-2H3/t25-,27-/m1/s1. The van der Waals surface area contributed by atoms with Crippen LogP contribution in [0.4, 0.5) is 5.69 Å². The molecule has 2 atom stereocenters. The van der Waals surface area contributed by atoms with E-state index >= 15 is 0 Å². The Hall–Kier alpha value is -3.25. The molecular formula is C28H29NO4S. The number of hydrogen-bond acceptors (Lipinski definition) is 5. The van der Waals surface area contributed by atoms with Crippen molar-refractivity contribution in [1.82, 2.24) is 0 Å².